The van der Waals surface area contributed by atoms with Crippen LogP contribution in [0.1, 0.15) is 12.0 Å². The van der Waals surface area contributed by atoms with E-state index in [-0.39, 0.29) is 19.4 Å². The summed E-state index contributed by atoms with van der Waals surface area (Å²) in [5.74, 6) is -2.70. The van der Waals surface area contributed by atoms with E-state index in [1.54, 1.807) is 24.3 Å². The molecule has 4 atom stereocenters. The first kappa shape index (κ1) is 19.0. The summed E-state index contributed by atoms with van der Waals surface area (Å²) in [6.07, 6.45) is -5.28. The zero-order chi connectivity index (χ0) is 17.4. The van der Waals surface area contributed by atoms with Crippen LogP contribution in [0.3, 0.4) is 0 Å². The van der Waals surface area contributed by atoms with Crippen LogP contribution in [-0.2, 0) is 16.0 Å². The van der Waals surface area contributed by atoms with Gasteiger partial charge in [0.25, 0.3) is 0 Å². The molecule has 0 bridgehead atoms. The Morgan fingerprint density at radius 3 is 2.13 bits per heavy atom. The summed E-state index contributed by atoms with van der Waals surface area (Å²) in [4.78, 5) is 21.7. The first-order valence-corrected chi connectivity index (χ1v) is 7.10. The minimum absolute atomic E-state index is 0.0361. The minimum atomic E-state index is -2.09. The first-order valence-electron chi connectivity index (χ1n) is 7.10. The second-order valence-corrected chi connectivity index (χ2v) is 5.16. The highest BCUT2D eigenvalue weighted by molar-refractivity contribution is 5.74. The van der Waals surface area contributed by atoms with Crippen molar-refractivity contribution in [2.45, 2.75) is 37.2 Å². The van der Waals surface area contributed by atoms with Crippen molar-refractivity contribution in [3.8, 4) is 0 Å². The average molecular weight is 327 g/mol. The zero-order valence-corrected chi connectivity index (χ0v) is 12.4. The van der Waals surface area contributed by atoms with Gasteiger partial charge in [0.1, 0.15) is 12.1 Å². The molecule has 1 aromatic rings. The Labute approximate surface area is 133 Å². The van der Waals surface area contributed by atoms with Crippen LogP contribution < -0.4 is 5.32 Å². The molecule has 0 saturated carbocycles. The Balaban J connectivity index is 2.47. The molecule has 8 heteroatoms. The van der Waals surface area contributed by atoms with Crippen LogP contribution in [0.4, 0.5) is 0 Å². The summed E-state index contributed by atoms with van der Waals surface area (Å²) < 4.78 is 0. The van der Waals surface area contributed by atoms with Crippen LogP contribution in [0.25, 0.3) is 0 Å². The zero-order valence-electron chi connectivity index (χ0n) is 12.4. The number of carboxylic acid groups (broad SMARTS) is 2. The largest absolute Gasteiger partial charge is 0.480 e. The second-order valence-electron chi connectivity index (χ2n) is 5.16. The number of nitrogens with one attached hydrogen (secondary N) is 1. The number of benzene rings is 1. The van der Waals surface area contributed by atoms with Crippen LogP contribution in [0.15, 0.2) is 30.3 Å². The highest BCUT2D eigenvalue weighted by atomic mass is 16.4. The molecule has 0 spiro atoms. The SMILES string of the molecule is O=C(O)[C@@H](O)[C@@H](O)[C@H](O)CCN[C@H](Cc1ccccc1)C(=O)O. The summed E-state index contributed by atoms with van der Waals surface area (Å²) in [5, 5.41) is 48.6. The quantitative estimate of drug-likeness (QED) is 0.315. The number of carbonyl (C=O) groups is 2. The molecule has 0 aromatic heterocycles. The summed E-state index contributed by atoms with van der Waals surface area (Å²) >= 11 is 0. The minimum Gasteiger partial charge on any atom is -0.480 e. The second kappa shape index (κ2) is 9.21. The van der Waals surface area contributed by atoms with Gasteiger partial charge in [-0.15, -0.1) is 0 Å². The number of carboxylic acids is 2. The topological polar surface area (TPSA) is 147 Å². The maximum absolute atomic E-state index is 11.2. The van der Waals surface area contributed by atoms with Crippen LogP contribution in [-0.4, -0.2) is 68.4 Å². The Hall–Kier alpha value is -2.00. The normalized spacial score (nSPS) is 16.3. The van der Waals surface area contributed by atoms with Gasteiger partial charge in [-0.05, 0) is 24.9 Å². The van der Waals surface area contributed by atoms with Gasteiger partial charge >= 0.3 is 11.9 Å². The number of hydrogen-bond donors (Lipinski definition) is 6. The summed E-state index contributed by atoms with van der Waals surface area (Å²) in [6, 6.07) is 8.10. The Bertz CT molecular complexity index is 508. The van der Waals surface area contributed by atoms with E-state index in [2.05, 4.69) is 5.32 Å². The van der Waals surface area contributed by atoms with Crippen LogP contribution >= 0.6 is 0 Å². The van der Waals surface area contributed by atoms with E-state index >= 15 is 0 Å². The molecule has 0 aliphatic carbocycles. The number of rotatable bonds is 10. The molecule has 0 unspecified atom stereocenters. The van der Waals surface area contributed by atoms with Crippen molar-refractivity contribution in [3.63, 3.8) is 0 Å². The van der Waals surface area contributed by atoms with E-state index in [9.17, 15) is 24.9 Å². The third kappa shape index (κ3) is 6.33. The maximum atomic E-state index is 11.2. The lowest BCUT2D eigenvalue weighted by atomic mass is 10.0. The molecule has 6 N–H and O–H groups in total. The van der Waals surface area contributed by atoms with Crippen molar-refractivity contribution < 1.29 is 35.1 Å². The molecule has 1 rings (SSSR count). The van der Waals surface area contributed by atoms with Crippen LogP contribution in [0, 0.1) is 0 Å². The van der Waals surface area contributed by atoms with Crippen molar-refractivity contribution in [1.82, 2.24) is 5.32 Å². The maximum Gasteiger partial charge on any atom is 0.335 e. The lowest BCUT2D eigenvalue weighted by molar-refractivity contribution is -0.158. The average Bonchev–Trinajstić information content (AvgIpc) is 2.52. The van der Waals surface area contributed by atoms with Crippen molar-refractivity contribution in [1.29, 1.82) is 0 Å². The molecule has 0 saturated heterocycles. The number of hydrogen-bond acceptors (Lipinski definition) is 6. The van der Waals surface area contributed by atoms with E-state index in [4.69, 9.17) is 10.2 Å². The first-order chi connectivity index (χ1) is 10.8. The van der Waals surface area contributed by atoms with E-state index in [0.29, 0.717) is 0 Å². The predicted molar refractivity (Wildman–Crippen MR) is 79.8 cm³/mol. The summed E-state index contributed by atoms with van der Waals surface area (Å²) in [6.45, 7) is 0.0361. The molecule has 8 nitrogen and oxygen atoms in total. The molecule has 23 heavy (non-hydrogen) atoms. The molecule has 1 aromatic carbocycles. The van der Waals surface area contributed by atoms with E-state index < -0.39 is 36.3 Å². The molecular weight excluding hydrogens is 306 g/mol. The monoisotopic (exact) mass is 327 g/mol. The number of aliphatic hydroxyl groups excluding tert-OH is 3. The van der Waals surface area contributed by atoms with E-state index in [0.717, 1.165) is 5.56 Å². The fraction of sp³-hybridized carbons (Fsp3) is 0.467. The Kier molecular flexibility index (Phi) is 7.63. The third-order valence-corrected chi connectivity index (χ3v) is 3.38. The van der Waals surface area contributed by atoms with Gasteiger partial charge in [0.2, 0.25) is 0 Å². The fourth-order valence-corrected chi connectivity index (χ4v) is 2.03. The van der Waals surface area contributed by atoms with Gasteiger partial charge < -0.3 is 30.8 Å². The van der Waals surface area contributed by atoms with Gasteiger partial charge in [0, 0.05) is 0 Å². The lowest BCUT2D eigenvalue weighted by Gasteiger charge is -2.21. The molecule has 0 aliphatic rings. The van der Waals surface area contributed by atoms with Gasteiger partial charge in [0.15, 0.2) is 6.10 Å². The highest BCUT2D eigenvalue weighted by Gasteiger charge is 2.30. The van der Waals surface area contributed by atoms with Gasteiger partial charge in [-0.3, -0.25) is 4.79 Å². The molecule has 0 amide bonds. The van der Waals surface area contributed by atoms with Crippen molar-refractivity contribution in [2.24, 2.45) is 0 Å². The number of aliphatic hydroxyl groups is 3. The molecule has 0 fully saturated rings. The third-order valence-electron chi connectivity index (χ3n) is 3.38. The van der Waals surface area contributed by atoms with Crippen LogP contribution in [0.2, 0.25) is 0 Å². The van der Waals surface area contributed by atoms with Crippen molar-refractivity contribution in [2.75, 3.05) is 6.54 Å². The summed E-state index contributed by atoms with van der Waals surface area (Å²) in [5.41, 5.74) is 0.828. The van der Waals surface area contributed by atoms with E-state index in [1.807, 2.05) is 6.07 Å². The standard InChI is InChI=1S/C15H21NO7/c17-11(12(18)13(19)15(22)23)6-7-16-10(14(20)21)8-9-4-2-1-3-5-9/h1-5,10-13,16-19H,6-8H2,(H,20,21)(H,22,23)/t10-,11-,12+,13+/m1/s1. The predicted octanol–water partition coefficient (Wildman–Crippen LogP) is -1.17. The smallest absolute Gasteiger partial charge is 0.335 e. The van der Waals surface area contributed by atoms with Crippen LogP contribution in [0.5, 0.6) is 0 Å². The molecule has 0 aliphatic heterocycles. The lowest BCUT2D eigenvalue weighted by Crippen LogP contribution is -2.45. The van der Waals surface area contributed by atoms with Gasteiger partial charge in [-0.25, -0.2) is 4.79 Å². The Morgan fingerprint density at radius 2 is 1.61 bits per heavy atom. The van der Waals surface area contributed by atoms with Gasteiger partial charge in [0.05, 0.1) is 6.10 Å². The number of aliphatic carboxylic acids is 2. The molecule has 0 heterocycles. The molecule has 128 valence electrons. The highest BCUT2D eigenvalue weighted by Crippen LogP contribution is 2.06. The Morgan fingerprint density at radius 1 is 1.00 bits per heavy atom. The van der Waals surface area contributed by atoms with E-state index in [1.165, 1.54) is 0 Å². The van der Waals surface area contributed by atoms with Crippen molar-refractivity contribution >= 4 is 11.9 Å². The summed E-state index contributed by atoms with van der Waals surface area (Å²) in [7, 11) is 0. The van der Waals surface area contributed by atoms with Crippen molar-refractivity contribution in [3.05, 3.63) is 35.9 Å². The van der Waals surface area contributed by atoms with Gasteiger partial charge in [-0.2, -0.15) is 0 Å². The molecule has 0 radical (unpaired) electrons. The van der Waals surface area contributed by atoms with Gasteiger partial charge in [-0.1, -0.05) is 30.3 Å². The fourth-order valence-electron chi connectivity index (χ4n) is 2.03. The molecular formula is C15H21NO7.